The third-order valence-electron chi connectivity index (χ3n) is 9.90. The average Bonchev–Trinajstić information content (AvgIpc) is 3.59. The molecule has 12 heteroatoms. The summed E-state index contributed by atoms with van der Waals surface area (Å²) < 4.78 is 1.38. The number of nitrogens with zero attached hydrogens (tertiary/aromatic N) is 1. The van der Waals surface area contributed by atoms with Gasteiger partial charge in [-0.1, -0.05) is 68.9 Å². The van der Waals surface area contributed by atoms with Gasteiger partial charge in [-0.25, -0.2) is 4.79 Å². The van der Waals surface area contributed by atoms with E-state index < -0.39 is 65.4 Å². The number of fused-ring (bicyclic) bond motifs is 1. The number of nitrogens with two attached hydrogens (primary N) is 1. The minimum absolute atomic E-state index is 0. The number of benzene rings is 1. The Balaban J connectivity index is 0.00000500. The predicted octanol–water partition coefficient (Wildman–Crippen LogP) is 1.49. The van der Waals surface area contributed by atoms with Crippen molar-refractivity contribution in [2.24, 2.45) is 29.4 Å². The molecule has 0 bridgehead atoms. The molecular weight excluding hydrogens is 833 g/mol. The zero-order valence-corrected chi connectivity index (χ0v) is 29.7. The first-order chi connectivity index (χ1) is 22.0. The van der Waals surface area contributed by atoms with E-state index in [-0.39, 0.29) is 17.8 Å². The van der Waals surface area contributed by atoms with Gasteiger partial charge in [0.05, 0.1) is 6.04 Å². The van der Waals surface area contributed by atoms with Crippen molar-refractivity contribution in [3.63, 3.8) is 0 Å². The molecule has 0 radical (unpaired) electrons. The van der Waals surface area contributed by atoms with Crippen LogP contribution in [-0.4, -0.2) is 64.2 Å². The maximum absolute atomic E-state index is 14.6. The molecular formula is C35H43CmN5O6. The summed E-state index contributed by atoms with van der Waals surface area (Å²) >= 11 is 0. The van der Waals surface area contributed by atoms with Crippen LogP contribution in [-0.2, 0) is 28.8 Å². The van der Waals surface area contributed by atoms with Crippen molar-refractivity contribution in [1.82, 2.24) is 16.0 Å². The third-order valence-corrected chi connectivity index (χ3v) is 9.90. The Morgan fingerprint density at radius 3 is 2.23 bits per heavy atom. The first-order valence-corrected chi connectivity index (χ1v) is 16.3. The summed E-state index contributed by atoms with van der Waals surface area (Å²) in [6, 6.07) is 4.65. The van der Waals surface area contributed by atoms with Gasteiger partial charge in [-0.05, 0) is 36.7 Å². The Morgan fingerprint density at radius 1 is 0.957 bits per heavy atom. The Labute approximate surface area is 269 Å². The Morgan fingerprint density at radius 2 is 1.64 bits per heavy atom. The number of Topliss-reactive ketones (excluding diaryl/α,β-unsaturated/α-hetero) is 1. The van der Waals surface area contributed by atoms with E-state index in [1.165, 1.54) is 11.5 Å². The molecule has 47 heavy (non-hydrogen) atoms. The number of primary amides is 1. The van der Waals surface area contributed by atoms with Crippen LogP contribution in [0.3, 0.4) is 0 Å². The Kier molecular flexibility index (Phi) is 10.8. The van der Waals surface area contributed by atoms with Crippen molar-refractivity contribution in [1.29, 1.82) is 0 Å². The average molecular weight is 877 g/mol. The molecule has 1 aliphatic heterocycles. The SMILES string of the molecule is CC(=O)N[C@H](C(=O)N[C@H](C(=O)[N+]1=C[C@@H]2[C-](C)C#CC2[C@H]1C(=O)NC(CC1CCC1)C(=O)C(N)=O)C1CCCCC1)c1ccccc1.[Cm]. The largest absolute Gasteiger partial charge is 0.409 e. The first kappa shape index (κ1) is 34.4. The maximum Gasteiger partial charge on any atom is 0.409 e. The standard InChI is InChI=1S/C35H43N5O6.Cm/c1-20-16-17-25-26(20)19-40(30(25)34(45)38-27(31(42)32(36)43)18-22-10-9-11-22)35(46)29(24-14-7-4-8-15-24)39-33(44)28(37-21(2)41)23-12-5-3-6-13-23;/h3,5-6,12-13,19,22,24-30H,4,7-11,14-15,18H2,1-2H3,(H2,36,43)(H,37,41)(H,38,45)(H,39,44);/t25?,26-,27?,28+,29+,30+;/m1./s1. The fourth-order valence-corrected chi connectivity index (χ4v) is 7.18. The summed E-state index contributed by atoms with van der Waals surface area (Å²) in [5.41, 5.74) is 5.91. The molecule has 2 saturated carbocycles. The number of carbonyl (C=O) groups is 6. The van der Waals surface area contributed by atoms with Gasteiger partial charge >= 0.3 is 5.91 Å². The zero-order valence-electron chi connectivity index (χ0n) is 26.8. The number of hydrogen-bond acceptors (Lipinski definition) is 6. The van der Waals surface area contributed by atoms with Crippen molar-refractivity contribution in [2.75, 3.05) is 0 Å². The van der Waals surface area contributed by atoms with Gasteiger partial charge in [-0.3, -0.25) is 29.9 Å². The van der Waals surface area contributed by atoms with Crippen LogP contribution in [0.5, 0.6) is 0 Å². The van der Waals surface area contributed by atoms with E-state index in [2.05, 4.69) is 27.8 Å². The van der Waals surface area contributed by atoms with Crippen molar-refractivity contribution in [3.8, 4) is 11.8 Å². The van der Waals surface area contributed by atoms with Crippen LogP contribution in [0.1, 0.15) is 83.2 Å². The Bertz CT molecular complexity index is 1480. The van der Waals surface area contributed by atoms with Crippen LogP contribution in [0.2, 0.25) is 0 Å². The molecule has 5 N–H and O–H groups in total. The van der Waals surface area contributed by atoms with Gasteiger partial charge in [-0.2, -0.15) is 10.5 Å². The van der Waals surface area contributed by atoms with Crippen molar-refractivity contribution in [2.45, 2.75) is 95.8 Å². The van der Waals surface area contributed by atoms with Crippen molar-refractivity contribution >= 4 is 41.5 Å². The number of nitrogens with one attached hydrogen (secondary N) is 3. The molecule has 2 fully saturated rings. The van der Waals surface area contributed by atoms with E-state index in [9.17, 15) is 28.8 Å². The molecule has 3 aliphatic carbocycles. The smallest absolute Gasteiger partial charge is 0.363 e. The van der Waals surface area contributed by atoms with Crippen LogP contribution in [0.4, 0.5) is 0 Å². The molecule has 5 rings (SSSR count). The quantitative estimate of drug-likeness (QED) is 0.108. The molecule has 1 aromatic carbocycles. The Hall–Kier alpha value is -5.46. The molecule has 6 atom stereocenters. The minimum Gasteiger partial charge on any atom is -0.363 e. The predicted molar refractivity (Wildman–Crippen MR) is 168 cm³/mol. The number of ketones is 1. The second-order valence-corrected chi connectivity index (χ2v) is 13.1. The van der Waals surface area contributed by atoms with E-state index in [0.717, 1.165) is 44.4 Å². The molecule has 0 saturated heterocycles. The monoisotopic (exact) mass is 872 g/mol. The topological polar surface area (TPSA) is 168 Å². The molecule has 0 spiro atoms. The second-order valence-electron chi connectivity index (χ2n) is 13.1. The minimum atomic E-state index is -1.12. The zero-order chi connectivity index (χ0) is 33.0. The van der Waals surface area contributed by atoms with Crippen LogP contribution < -0.4 is 21.7 Å². The molecule has 5 amide bonds. The van der Waals surface area contributed by atoms with Gasteiger partial charge in [0.25, 0.3) is 11.8 Å². The molecule has 1 aromatic rings. The summed E-state index contributed by atoms with van der Waals surface area (Å²) in [4.78, 5) is 79.2. The van der Waals surface area contributed by atoms with Crippen molar-refractivity contribution < 1.29 is 33.3 Å². The summed E-state index contributed by atoms with van der Waals surface area (Å²) in [5.74, 6) is 2.17. The van der Waals surface area contributed by atoms with Crippen LogP contribution in [0.15, 0.2) is 30.3 Å². The summed E-state index contributed by atoms with van der Waals surface area (Å²) in [6.07, 6.45) is 9.06. The number of rotatable bonds is 12. The molecule has 252 valence electrons. The molecule has 11 nitrogen and oxygen atoms in total. The van der Waals surface area contributed by atoms with E-state index in [0.29, 0.717) is 24.8 Å². The third kappa shape index (κ3) is 7.51. The normalized spacial score (nSPS) is 23.7. The molecule has 1 heterocycles. The van der Waals surface area contributed by atoms with Gasteiger partial charge in [0, 0.05) is 18.8 Å². The van der Waals surface area contributed by atoms with Gasteiger partial charge < -0.3 is 27.6 Å². The van der Waals surface area contributed by atoms with Crippen LogP contribution >= 0.6 is 0 Å². The van der Waals surface area contributed by atoms with E-state index in [1.807, 2.05) is 13.0 Å². The van der Waals surface area contributed by atoms with Crippen LogP contribution in [0.25, 0.3) is 0 Å². The summed E-state index contributed by atoms with van der Waals surface area (Å²) in [6.45, 7) is 3.18. The molecule has 2 unspecified atom stereocenters. The summed E-state index contributed by atoms with van der Waals surface area (Å²) in [7, 11) is 0. The fraction of sp³-hybridized carbons (Fsp3) is 0.543. The van der Waals surface area contributed by atoms with Gasteiger partial charge in [0.2, 0.25) is 23.6 Å². The molecule has 0 aromatic heterocycles. The van der Waals surface area contributed by atoms with Gasteiger partial charge in [0.15, 0.2) is 6.04 Å². The van der Waals surface area contributed by atoms with E-state index >= 15 is 0 Å². The van der Waals surface area contributed by atoms with Crippen molar-refractivity contribution in [3.05, 3.63) is 41.8 Å². The van der Waals surface area contributed by atoms with E-state index in [1.54, 1.807) is 30.5 Å². The van der Waals surface area contributed by atoms with Gasteiger partial charge in [0.1, 0.15) is 12.3 Å². The van der Waals surface area contributed by atoms with Gasteiger partial charge in [-0.15, -0.1) is 6.92 Å². The summed E-state index contributed by atoms with van der Waals surface area (Å²) in [5, 5.41) is 8.43. The molecule has 4 aliphatic rings. The van der Waals surface area contributed by atoms with E-state index in [4.69, 9.17) is 5.73 Å². The first-order valence-electron chi connectivity index (χ1n) is 16.3. The second kappa shape index (κ2) is 14.8. The number of amides is 5. The van der Waals surface area contributed by atoms with Crippen LogP contribution in [0, 0.1) is 41.4 Å². The fourth-order valence-electron chi connectivity index (χ4n) is 7.18. The number of carbonyl (C=O) groups excluding carboxylic acids is 6. The maximum atomic E-state index is 14.6. The number of hydrogen-bond donors (Lipinski definition) is 4.